The van der Waals surface area contributed by atoms with Gasteiger partial charge in [-0.05, 0) is 56.5 Å². The minimum absolute atomic E-state index is 0.458. The standard InChI is InChI=1S/C19H26N8S/c1-14-8-2-3-9-15(14)20-19(28)25-24-16-21-17(26-10-4-5-11-26)23-18(22-16)27-12-6-7-13-27/h2-3,8-9H,4-7,10-13H2,1H3,(H2,20,25,28)(H,21,22,23,24). The van der Waals surface area contributed by atoms with E-state index >= 15 is 0 Å². The minimum atomic E-state index is 0.458. The molecule has 0 amide bonds. The van der Waals surface area contributed by atoms with Gasteiger partial charge in [-0.25, -0.2) is 0 Å². The molecule has 0 spiro atoms. The zero-order chi connectivity index (χ0) is 19.3. The quantitative estimate of drug-likeness (QED) is 0.520. The molecule has 0 unspecified atom stereocenters. The highest BCUT2D eigenvalue weighted by molar-refractivity contribution is 7.80. The molecule has 28 heavy (non-hydrogen) atoms. The van der Waals surface area contributed by atoms with E-state index in [4.69, 9.17) is 17.2 Å². The number of hydrogen-bond acceptors (Lipinski definition) is 7. The summed E-state index contributed by atoms with van der Waals surface area (Å²) in [6, 6.07) is 8.00. The molecule has 8 nitrogen and oxygen atoms in total. The van der Waals surface area contributed by atoms with E-state index < -0.39 is 0 Å². The third-order valence-corrected chi connectivity index (χ3v) is 5.27. The van der Waals surface area contributed by atoms with Crippen molar-refractivity contribution in [2.45, 2.75) is 32.6 Å². The number of hydrogen-bond donors (Lipinski definition) is 3. The zero-order valence-corrected chi connectivity index (χ0v) is 16.9. The lowest BCUT2D eigenvalue weighted by molar-refractivity contribution is 0.834. The van der Waals surface area contributed by atoms with E-state index in [1.165, 1.54) is 25.7 Å². The molecule has 9 heteroatoms. The molecule has 0 atom stereocenters. The second-order valence-corrected chi connectivity index (χ2v) is 7.57. The summed E-state index contributed by atoms with van der Waals surface area (Å²) >= 11 is 5.40. The normalized spacial score (nSPS) is 16.3. The maximum absolute atomic E-state index is 5.40. The molecular weight excluding hydrogens is 372 g/mol. The van der Waals surface area contributed by atoms with Crippen molar-refractivity contribution in [1.29, 1.82) is 0 Å². The molecule has 2 fully saturated rings. The van der Waals surface area contributed by atoms with E-state index in [0.717, 1.165) is 49.3 Å². The molecule has 148 valence electrons. The predicted molar refractivity (Wildman–Crippen MR) is 117 cm³/mol. The molecule has 0 radical (unpaired) electrons. The van der Waals surface area contributed by atoms with Crippen LogP contribution >= 0.6 is 12.2 Å². The summed E-state index contributed by atoms with van der Waals surface area (Å²) in [7, 11) is 0. The lowest BCUT2D eigenvalue weighted by atomic mass is 10.2. The van der Waals surface area contributed by atoms with Crippen LogP contribution in [0.4, 0.5) is 23.5 Å². The first kappa shape index (κ1) is 18.7. The van der Waals surface area contributed by atoms with E-state index in [9.17, 15) is 0 Å². The average Bonchev–Trinajstić information content (AvgIpc) is 3.42. The first-order valence-corrected chi connectivity index (χ1v) is 10.2. The fourth-order valence-electron chi connectivity index (χ4n) is 3.51. The predicted octanol–water partition coefficient (Wildman–Crippen LogP) is 2.69. The van der Waals surface area contributed by atoms with Crippen molar-refractivity contribution in [3.8, 4) is 0 Å². The monoisotopic (exact) mass is 398 g/mol. The number of thiocarbonyl (C=S) groups is 1. The van der Waals surface area contributed by atoms with Crippen molar-refractivity contribution >= 4 is 40.9 Å². The van der Waals surface area contributed by atoms with E-state index in [1.807, 2.05) is 31.2 Å². The molecule has 3 heterocycles. The summed E-state index contributed by atoms with van der Waals surface area (Å²) in [5.41, 5.74) is 8.12. The summed E-state index contributed by atoms with van der Waals surface area (Å²) in [6.45, 7) is 6.00. The summed E-state index contributed by atoms with van der Waals surface area (Å²) in [5.74, 6) is 1.95. The number of nitrogens with one attached hydrogen (secondary N) is 3. The van der Waals surface area contributed by atoms with Gasteiger partial charge in [-0.2, -0.15) is 15.0 Å². The Balaban J connectivity index is 1.46. The molecule has 2 aromatic rings. The van der Waals surface area contributed by atoms with Gasteiger partial charge in [0.1, 0.15) is 0 Å². The second-order valence-electron chi connectivity index (χ2n) is 7.17. The third-order valence-electron chi connectivity index (χ3n) is 5.07. The molecule has 2 saturated heterocycles. The fraction of sp³-hybridized carbons (Fsp3) is 0.474. The van der Waals surface area contributed by atoms with Gasteiger partial charge in [0.25, 0.3) is 0 Å². The molecule has 4 rings (SSSR count). The van der Waals surface area contributed by atoms with Crippen LogP contribution in [-0.4, -0.2) is 46.2 Å². The number of anilines is 4. The Bertz CT molecular complexity index is 796. The number of para-hydroxylation sites is 1. The lowest BCUT2D eigenvalue weighted by Crippen LogP contribution is -2.35. The van der Waals surface area contributed by atoms with Crippen LogP contribution < -0.4 is 26.0 Å². The molecule has 3 N–H and O–H groups in total. The Kier molecular flexibility index (Phi) is 5.70. The number of hydrazine groups is 1. The van der Waals surface area contributed by atoms with Gasteiger partial charge >= 0.3 is 0 Å². The Morgan fingerprint density at radius 1 is 0.893 bits per heavy atom. The summed E-state index contributed by atoms with van der Waals surface area (Å²) in [4.78, 5) is 18.4. The smallest absolute Gasteiger partial charge is 0.248 e. The molecule has 2 aliphatic rings. The largest absolute Gasteiger partial charge is 0.341 e. The molecular formula is C19H26N8S. The van der Waals surface area contributed by atoms with Gasteiger partial charge < -0.3 is 15.1 Å². The Morgan fingerprint density at radius 2 is 1.46 bits per heavy atom. The minimum Gasteiger partial charge on any atom is -0.341 e. The summed E-state index contributed by atoms with van der Waals surface area (Å²) in [5, 5.41) is 3.64. The zero-order valence-electron chi connectivity index (χ0n) is 16.1. The highest BCUT2D eigenvalue weighted by atomic mass is 32.1. The SMILES string of the molecule is Cc1ccccc1NC(=S)NNc1nc(N2CCCC2)nc(N2CCCC2)n1. The van der Waals surface area contributed by atoms with Gasteiger partial charge in [-0.1, -0.05) is 18.2 Å². The van der Waals surface area contributed by atoms with Crippen molar-refractivity contribution in [3.63, 3.8) is 0 Å². The van der Waals surface area contributed by atoms with Crippen molar-refractivity contribution < 1.29 is 0 Å². The van der Waals surface area contributed by atoms with Gasteiger partial charge in [-0.15, -0.1) is 0 Å². The maximum Gasteiger partial charge on any atom is 0.248 e. The van der Waals surface area contributed by atoms with E-state index in [0.29, 0.717) is 11.1 Å². The number of aromatic nitrogens is 3. The lowest BCUT2D eigenvalue weighted by Gasteiger charge is -2.21. The Hall–Kier alpha value is -2.68. The first-order valence-electron chi connectivity index (χ1n) is 9.84. The highest BCUT2D eigenvalue weighted by Crippen LogP contribution is 2.22. The van der Waals surface area contributed by atoms with Gasteiger partial charge in [0, 0.05) is 31.9 Å². The molecule has 0 aliphatic carbocycles. The van der Waals surface area contributed by atoms with Crippen molar-refractivity contribution in [3.05, 3.63) is 29.8 Å². The second kappa shape index (κ2) is 8.55. The third kappa shape index (κ3) is 4.41. The highest BCUT2D eigenvalue weighted by Gasteiger charge is 2.21. The number of rotatable bonds is 5. The van der Waals surface area contributed by atoms with E-state index in [1.54, 1.807) is 0 Å². The summed E-state index contributed by atoms with van der Waals surface area (Å²) in [6.07, 6.45) is 4.71. The molecule has 0 saturated carbocycles. The maximum atomic E-state index is 5.40. The van der Waals surface area contributed by atoms with Gasteiger partial charge in [0.05, 0.1) is 0 Å². The molecule has 0 bridgehead atoms. The first-order chi connectivity index (χ1) is 13.7. The van der Waals surface area contributed by atoms with Gasteiger partial charge in [-0.3, -0.25) is 10.9 Å². The van der Waals surface area contributed by atoms with Crippen LogP contribution in [0.25, 0.3) is 0 Å². The van der Waals surface area contributed by atoms with Crippen molar-refractivity contribution in [2.75, 3.05) is 46.7 Å². The number of benzene rings is 1. The molecule has 1 aromatic carbocycles. The van der Waals surface area contributed by atoms with E-state index in [-0.39, 0.29) is 0 Å². The Labute approximate surface area is 170 Å². The molecule has 1 aromatic heterocycles. The van der Waals surface area contributed by atoms with Crippen LogP contribution in [0.3, 0.4) is 0 Å². The Morgan fingerprint density at radius 3 is 2.04 bits per heavy atom. The van der Waals surface area contributed by atoms with Crippen molar-refractivity contribution in [2.24, 2.45) is 0 Å². The summed E-state index contributed by atoms with van der Waals surface area (Å²) < 4.78 is 0. The topological polar surface area (TPSA) is 81.2 Å². The van der Waals surface area contributed by atoms with Gasteiger partial charge in [0.15, 0.2) is 5.11 Å². The van der Waals surface area contributed by atoms with E-state index in [2.05, 4.69) is 35.9 Å². The molecule has 2 aliphatic heterocycles. The van der Waals surface area contributed by atoms with Gasteiger partial charge in [0.2, 0.25) is 17.8 Å². The average molecular weight is 399 g/mol. The van der Waals surface area contributed by atoms with Crippen LogP contribution in [0.15, 0.2) is 24.3 Å². The number of aryl methyl sites for hydroxylation is 1. The van der Waals surface area contributed by atoms with Crippen LogP contribution in [-0.2, 0) is 0 Å². The number of nitrogens with zero attached hydrogens (tertiary/aromatic N) is 5. The van der Waals surface area contributed by atoms with Crippen LogP contribution in [0, 0.1) is 6.92 Å². The van der Waals surface area contributed by atoms with Crippen LogP contribution in [0.1, 0.15) is 31.2 Å². The van der Waals surface area contributed by atoms with Crippen molar-refractivity contribution in [1.82, 2.24) is 20.4 Å². The fourth-order valence-corrected chi connectivity index (χ4v) is 3.67. The van der Waals surface area contributed by atoms with Crippen LogP contribution in [0.2, 0.25) is 0 Å². The van der Waals surface area contributed by atoms with Crippen LogP contribution in [0.5, 0.6) is 0 Å².